The summed E-state index contributed by atoms with van der Waals surface area (Å²) in [6, 6.07) is 10.9. The van der Waals surface area contributed by atoms with Crippen LogP contribution in [0.5, 0.6) is 0 Å². The van der Waals surface area contributed by atoms with Gasteiger partial charge in [0, 0.05) is 31.9 Å². The Labute approximate surface area is 150 Å². The lowest BCUT2D eigenvalue weighted by atomic mass is 9.83. The van der Waals surface area contributed by atoms with Gasteiger partial charge in [0.1, 0.15) is 5.54 Å². The fourth-order valence-electron chi connectivity index (χ4n) is 3.92. The lowest BCUT2D eigenvalue weighted by Gasteiger charge is -2.37. The van der Waals surface area contributed by atoms with Crippen LogP contribution in [0.2, 0.25) is 0 Å². The van der Waals surface area contributed by atoms with Crippen molar-refractivity contribution in [3.05, 3.63) is 29.8 Å². The molecule has 2 aliphatic rings. The van der Waals surface area contributed by atoms with E-state index in [1.165, 1.54) is 17.7 Å². The predicted octanol–water partition coefficient (Wildman–Crippen LogP) is 2.46. The van der Waals surface area contributed by atoms with Crippen molar-refractivity contribution in [2.45, 2.75) is 44.6 Å². The first-order chi connectivity index (χ1) is 12.1. The van der Waals surface area contributed by atoms with Crippen LogP contribution in [0.3, 0.4) is 0 Å². The molecule has 134 valence electrons. The van der Waals surface area contributed by atoms with E-state index in [-0.39, 0.29) is 5.91 Å². The van der Waals surface area contributed by atoms with Crippen LogP contribution >= 0.6 is 0 Å². The summed E-state index contributed by atoms with van der Waals surface area (Å²) in [5.41, 5.74) is 1.90. The van der Waals surface area contributed by atoms with Gasteiger partial charge in [0.25, 0.3) is 0 Å². The molecule has 1 N–H and O–H groups in total. The van der Waals surface area contributed by atoms with E-state index in [1.807, 2.05) is 0 Å². The summed E-state index contributed by atoms with van der Waals surface area (Å²) in [6.07, 6.45) is 4.80. The summed E-state index contributed by atoms with van der Waals surface area (Å²) < 4.78 is 0. The van der Waals surface area contributed by atoms with Gasteiger partial charge >= 0.3 is 0 Å². The Morgan fingerprint density at radius 1 is 1.20 bits per heavy atom. The largest absolute Gasteiger partial charge is 0.369 e. The van der Waals surface area contributed by atoms with E-state index < -0.39 is 5.54 Å². The van der Waals surface area contributed by atoms with Gasteiger partial charge in [0.05, 0.1) is 12.6 Å². The molecule has 1 aliphatic heterocycles. The summed E-state index contributed by atoms with van der Waals surface area (Å²) in [7, 11) is 0. The lowest BCUT2D eigenvalue weighted by molar-refractivity contribution is -0.124. The molecule has 0 radical (unpaired) electrons. The number of hydrogen-bond acceptors (Lipinski definition) is 4. The number of rotatable bonds is 4. The molecule has 1 aromatic rings. The van der Waals surface area contributed by atoms with Crippen LogP contribution in [0.1, 0.15) is 37.7 Å². The summed E-state index contributed by atoms with van der Waals surface area (Å²) in [6.45, 7) is 6.12. The van der Waals surface area contributed by atoms with Gasteiger partial charge in [-0.25, -0.2) is 0 Å². The van der Waals surface area contributed by atoms with Crippen molar-refractivity contribution < 1.29 is 4.79 Å². The fourth-order valence-corrected chi connectivity index (χ4v) is 3.92. The third-order valence-corrected chi connectivity index (χ3v) is 5.41. The number of anilines is 1. The third-order valence-electron chi connectivity index (χ3n) is 5.41. The van der Waals surface area contributed by atoms with Gasteiger partial charge in [-0.3, -0.25) is 9.69 Å². The van der Waals surface area contributed by atoms with Crippen LogP contribution in [-0.2, 0) is 4.79 Å². The number of nitrogens with zero attached hydrogens (tertiary/aromatic N) is 3. The molecule has 0 spiro atoms. The number of nitrogens with one attached hydrogen (secondary N) is 1. The number of carbonyl (C=O) groups is 1. The second-order valence-electron chi connectivity index (χ2n) is 7.40. The van der Waals surface area contributed by atoms with Gasteiger partial charge in [-0.15, -0.1) is 0 Å². The SMILES string of the molecule is Cc1cccc(N2CCN(CC(=O)NC3(C#N)CCCCC3)CC2)c1. The van der Waals surface area contributed by atoms with Crippen LogP contribution < -0.4 is 10.2 Å². The standard InChI is InChI=1S/C20H28N4O/c1-17-6-5-7-18(14-17)24-12-10-23(11-13-24)15-19(25)22-20(16-21)8-3-2-4-9-20/h5-7,14H,2-4,8-13,15H2,1H3,(H,22,25). The number of piperazine rings is 1. The maximum atomic E-state index is 12.4. The van der Waals surface area contributed by atoms with Crippen LogP contribution in [-0.4, -0.2) is 49.1 Å². The summed E-state index contributed by atoms with van der Waals surface area (Å²) in [5.74, 6) is -0.00699. The van der Waals surface area contributed by atoms with Gasteiger partial charge in [-0.1, -0.05) is 31.4 Å². The number of amides is 1. The van der Waals surface area contributed by atoms with Crippen molar-refractivity contribution in [1.82, 2.24) is 10.2 Å². The Kier molecular flexibility index (Phi) is 5.60. The van der Waals surface area contributed by atoms with Crippen LogP contribution in [0.25, 0.3) is 0 Å². The molecule has 1 aromatic carbocycles. The minimum absolute atomic E-state index is 0.00699. The van der Waals surface area contributed by atoms with Crippen molar-refractivity contribution in [1.29, 1.82) is 5.26 Å². The number of nitriles is 1. The van der Waals surface area contributed by atoms with Crippen LogP contribution in [0.4, 0.5) is 5.69 Å². The normalized spacial score (nSPS) is 20.7. The maximum absolute atomic E-state index is 12.4. The molecule has 2 fully saturated rings. The molecule has 1 aliphatic carbocycles. The first kappa shape index (κ1) is 17.8. The highest BCUT2D eigenvalue weighted by molar-refractivity contribution is 5.79. The van der Waals surface area contributed by atoms with Gasteiger partial charge in [0.15, 0.2) is 0 Å². The van der Waals surface area contributed by atoms with E-state index >= 15 is 0 Å². The fraction of sp³-hybridized carbons (Fsp3) is 0.600. The molecular formula is C20H28N4O. The van der Waals surface area contributed by atoms with Crippen molar-refractivity contribution in [2.75, 3.05) is 37.6 Å². The Balaban J connectivity index is 1.48. The summed E-state index contributed by atoms with van der Waals surface area (Å²) >= 11 is 0. The van der Waals surface area contributed by atoms with Crippen molar-refractivity contribution in [3.8, 4) is 6.07 Å². The van der Waals surface area contributed by atoms with E-state index in [1.54, 1.807) is 0 Å². The molecular weight excluding hydrogens is 312 g/mol. The molecule has 0 bridgehead atoms. The zero-order chi connectivity index (χ0) is 17.7. The quantitative estimate of drug-likeness (QED) is 0.915. The average molecular weight is 340 g/mol. The highest BCUT2D eigenvalue weighted by atomic mass is 16.2. The summed E-state index contributed by atoms with van der Waals surface area (Å²) in [4.78, 5) is 17.0. The third kappa shape index (κ3) is 4.52. The van der Waals surface area contributed by atoms with Crippen LogP contribution in [0.15, 0.2) is 24.3 Å². The van der Waals surface area contributed by atoms with E-state index in [9.17, 15) is 10.1 Å². The molecule has 5 heteroatoms. The van der Waals surface area contributed by atoms with Gasteiger partial charge in [0.2, 0.25) is 5.91 Å². The van der Waals surface area contributed by atoms with Crippen LogP contribution in [0, 0.1) is 18.3 Å². The molecule has 3 rings (SSSR count). The molecule has 5 nitrogen and oxygen atoms in total. The lowest BCUT2D eigenvalue weighted by Crippen LogP contribution is -2.54. The molecule has 1 saturated carbocycles. The smallest absolute Gasteiger partial charge is 0.235 e. The van der Waals surface area contributed by atoms with E-state index in [4.69, 9.17) is 0 Å². The Hall–Kier alpha value is -2.06. The van der Waals surface area contributed by atoms with E-state index in [0.717, 1.165) is 51.9 Å². The number of carbonyl (C=O) groups excluding carboxylic acids is 1. The van der Waals surface area contributed by atoms with Gasteiger partial charge < -0.3 is 10.2 Å². The highest BCUT2D eigenvalue weighted by Gasteiger charge is 2.34. The molecule has 25 heavy (non-hydrogen) atoms. The maximum Gasteiger partial charge on any atom is 0.235 e. The van der Waals surface area contributed by atoms with Gasteiger partial charge in [-0.2, -0.15) is 5.26 Å². The number of hydrogen-bond donors (Lipinski definition) is 1. The zero-order valence-corrected chi connectivity index (χ0v) is 15.1. The topological polar surface area (TPSA) is 59.4 Å². The molecule has 0 unspecified atom stereocenters. The minimum atomic E-state index is -0.626. The molecule has 0 aromatic heterocycles. The molecule has 1 heterocycles. The Bertz CT molecular complexity index is 637. The second-order valence-corrected chi connectivity index (χ2v) is 7.40. The molecule has 1 amide bonds. The number of aryl methyl sites for hydroxylation is 1. The second kappa shape index (κ2) is 7.88. The highest BCUT2D eigenvalue weighted by Crippen LogP contribution is 2.27. The molecule has 1 saturated heterocycles. The predicted molar refractivity (Wildman–Crippen MR) is 99.4 cm³/mol. The van der Waals surface area contributed by atoms with E-state index in [0.29, 0.717) is 6.54 Å². The summed E-state index contributed by atoms with van der Waals surface area (Å²) in [5, 5.41) is 12.5. The Morgan fingerprint density at radius 2 is 1.92 bits per heavy atom. The minimum Gasteiger partial charge on any atom is -0.369 e. The van der Waals surface area contributed by atoms with Crippen molar-refractivity contribution in [3.63, 3.8) is 0 Å². The number of benzene rings is 1. The zero-order valence-electron chi connectivity index (χ0n) is 15.1. The first-order valence-electron chi connectivity index (χ1n) is 9.36. The molecule has 0 atom stereocenters. The van der Waals surface area contributed by atoms with Crippen molar-refractivity contribution in [2.24, 2.45) is 0 Å². The Morgan fingerprint density at radius 3 is 2.56 bits per heavy atom. The average Bonchev–Trinajstić information content (AvgIpc) is 2.63. The van der Waals surface area contributed by atoms with Crippen molar-refractivity contribution >= 4 is 11.6 Å². The first-order valence-corrected chi connectivity index (χ1v) is 9.36. The van der Waals surface area contributed by atoms with E-state index in [2.05, 4.69) is 52.4 Å². The van der Waals surface area contributed by atoms with Gasteiger partial charge in [-0.05, 0) is 37.5 Å². The monoisotopic (exact) mass is 340 g/mol.